The number of aromatic hydroxyl groups is 1. The molecule has 4 N–H and O–H groups in total. The van der Waals surface area contributed by atoms with Gasteiger partial charge in [-0.3, -0.25) is 9.59 Å². The Morgan fingerprint density at radius 1 is 1.06 bits per heavy atom. The second-order valence-electron chi connectivity index (χ2n) is 6.11. The fraction of sp³-hybridized carbons (Fsp3) is 0. The first-order chi connectivity index (χ1) is 14.9. The van der Waals surface area contributed by atoms with Crippen molar-refractivity contribution in [3.8, 4) is 5.75 Å². The molecule has 156 valence electrons. The van der Waals surface area contributed by atoms with Crippen LogP contribution in [0, 0.1) is 4.91 Å². The van der Waals surface area contributed by atoms with E-state index >= 15 is 0 Å². The highest BCUT2D eigenvalue weighted by Gasteiger charge is 2.18. The number of hydrogen-bond donors (Lipinski definition) is 4. The van der Waals surface area contributed by atoms with Gasteiger partial charge < -0.3 is 10.4 Å². The molecule has 0 aliphatic heterocycles. The Kier molecular flexibility index (Phi) is 6.86. The zero-order valence-electron chi connectivity index (χ0n) is 15.9. The number of benzene rings is 2. The molecule has 3 aromatic rings. The second kappa shape index (κ2) is 9.94. The van der Waals surface area contributed by atoms with Gasteiger partial charge in [-0.25, -0.2) is 10.6 Å². The Bertz CT molecular complexity index is 1160. The summed E-state index contributed by atoms with van der Waals surface area (Å²) in [5, 5.41) is 26.8. The van der Waals surface area contributed by atoms with Gasteiger partial charge in [-0.05, 0) is 47.4 Å². The molecule has 9 nitrogen and oxygen atoms in total. The van der Waals surface area contributed by atoms with Crippen molar-refractivity contribution in [2.75, 3.05) is 0 Å². The summed E-state index contributed by atoms with van der Waals surface area (Å²) in [4.78, 5) is 36.2. The van der Waals surface area contributed by atoms with Crippen LogP contribution in [0.4, 0.5) is 5.69 Å². The molecule has 0 unspecified atom stereocenters. The number of hydrazone groups is 1. The monoisotopic (exact) mass is 437 g/mol. The lowest BCUT2D eigenvalue weighted by atomic mass is 10.2. The van der Waals surface area contributed by atoms with E-state index in [0.717, 1.165) is 4.88 Å². The van der Waals surface area contributed by atoms with Gasteiger partial charge in [0, 0.05) is 16.5 Å². The van der Waals surface area contributed by atoms with Crippen LogP contribution in [0.2, 0.25) is 0 Å². The summed E-state index contributed by atoms with van der Waals surface area (Å²) in [7, 11) is 0. The fourth-order valence-electron chi connectivity index (χ4n) is 2.47. The molecule has 0 spiro atoms. The quantitative estimate of drug-likeness (QED) is 0.256. The van der Waals surface area contributed by atoms with Crippen molar-refractivity contribution < 1.29 is 24.8 Å². The SMILES string of the molecule is O=C(N/N=C/c1ccc([N+](=O)O)c(O)c1)/C(=C\c1cccs1)NC(=O)c1ccccc1. The smallest absolute Gasteiger partial charge is 0.357 e. The minimum Gasteiger partial charge on any atom is -0.502 e. The number of carbonyl (C=O) groups is 2. The molecule has 0 bridgehead atoms. The van der Waals surface area contributed by atoms with Crippen LogP contribution in [0.5, 0.6) is 5.75 Å². The summed E-state index contributed by atoms with van der Waals surface area (Å²) in [5.41, 5.74) is 2.73. The third-order valence-corrected chi connectivity index (χ3v) is 4.76. The van der Waals surface area contributed by atoms with Crippen molar-refractivity contribution in [3.05, 3.63) is 92.7 Å². The number of hydrogen-bond acceptors (Lipinski definition) is 6. The Hall–Kier alpha value is -4.31. The fourth-order valence-corrected chi connectivity index (χ4v) is 3.12. The molecule has 1 aromatic heterocycles. The molecule has 2 aromatic carbocycles. The molecule has 1 heterocycles. The van der Waals surface area contributed by atoms with Crippen molar-refractivity contribution in [1.29, 1.82) is 0 Å². The molecule has 0 radical (unpaired) electrons. The van der Waals surface area contributed by atoms with Crippen LogP contribution in [0.15, 0.2) is 76.8 Å². The van der Waals surface area contributed by atoms with E-state index in [2.05, 4.69) is 15.8 Å². The van der Waals surface area contributed by atoms with E-state index in [1.807, 2.05) is 11.4 Å². The lowest BCUT2D eigenvalue weighted by Gasteiger charge is -2.08. The van der Waals surface area contributed by atoms with Gasteiger partial charge in [-0.1, -0.05) is 24.3 Å². The zero-order valence-corrected chi connectivity index (χ0v) is 16.7. The van der Waals surface area contributed by atoms with E-state index in [4.69, 9.17) is 5.21 Å². The predicted octanol–water partition coefficient (Wildman–Crippen LogP) is 3.17. The number of nitrogens with one attached hydrogen (secondary N) is 2. The van der Waals surface area contributed by atoms with Crippen molar-refractivity contribution in [2.24, 2.45) is 5.10 Å². The largest absolute Gasteiger partial charge is 0.502 e. The minimum atomic E-state index is -0.657. The number of thiophene rings is 1. The molecule has 0 fully saturated rings. The number of nitrogens with zero attached hydrogens (tertiary/aromatic N) is 2. The number of amides is 2. The zero-order chi connectivity index (χ0) is 22.2. The first-order valence-corrected chi connectivity index (χ1v) is 9.76. The van der Waals surface area contributed by atoms with Gasteiger partial charge in [0.1, 0.15) is 5.70 Å². The maximum atomic E-state index is 12.6. The maximum Gasteiger partial charge on any atom is 0.357 e. The van der Waals surface area contributed by atoms with Gasteiger partial charge in [0.15, 0.2) is 5.75 Å². The van der Waals surface area contributed by atoms with Gasteiger partial charge >= 0.3 is 5.69 Å². The van der Waals surface area contributed by atoms with Gasteiger partial charge in [0.25, 0.3) is 16.7 Å². The van der Waals surface area contributed by atoms with Crippen LogP contribution >= 0.6 is 11.3 Å². The van der Waals surface area contributed by atoms with Crippen molar-refractivity contribution in [2.45, 2.75) is 0 Å². The van der Waals surface area contributed by atoms with Crippen molar-refractivity contribution >= 4 is 41.1 Å². The van der Waals surface area contributed by atoms with Crippen LogP contribution in [-0.4, -0.2) is 33.3 Å². The summed E-state index contributed by atoms with van der Waals surface area (Å²) in [5.74, 6) is -1.56. The Balaban J connectivity index is 1.74. The topological polar surface area (TPSA) is 131 Å². The molecule has 0 saturated carbocycles. The first kappa shape index (κ1) is 21.4. The maximum absolute atomic E-state index is 12.6. The number of carbonyl (C=O) groups excluding carboxylic acids is 2. The number of rotatable bonds is 7. The lowest BCUT2D eigenvalue weighted by molar-refractivity contribution is -0.730. The van der Waals surface area contributed by atoms with Gasteiger partial charge in [-0.2, -0.15) is 5.10 Å². The highest BCUT2D eigenvalue weighted by molar-refractivity contribution is 7.10. The van der Waals surface area contributed by atoms with E-state index in [9.17, 15) is 19.6 Å². The Labute approximate surface area is 180 Å². The van der Waals surface area contributed by atoms with Crippen LogP contribution in [-0.2, 0) is 4.79 Å². The average Bonchev–Trinajstić information content (AvgIpc) is 3.26. The van der Waals surface area contributed by atoms with Crippen molar-refractivity contribution in [1.82, 2.24) is 10.7 Å². The summed E-state index contributed by atoms with van der Waals surface area (Å²) in [6.07, 6.45) is 2.76. The van der Waals surface area contributed by atoms with E-state index in [0.29, 0.717) is 11.1 Å². The van der Waals surface area contributed by atoms with Crippen molar-refractivity contribution in [3.63, 3.8) is 0 Å². The molecular weight excluding hydrogens is 420 g/mol. The Morgan fingerprint density at radius 3 is 2.48 bits per heavy atom. The summed E-state index contributed by atoms with van der Waals surface area (Å²) in [6, 6.07) is 15.8. The van der Waals surface area contributed by atoms with Crippen LogP contribution in [0.25, 0.3) is 6.08 Å². The standard InChI is InChI=1S/C21H16N4O5S/c26-19-11-14(8-9-18(19)25(29)30)13-22-24-21(28)17(12-16-7-4-10-31-16)23-20(27)15-5-2-1-3-6-15/h1-13H,(H3-,23,24,26,27,28,29,30)/p+1/b17-12+,22-13+. The third-order valence-electron chi connectivity index (χ3n) is 3.94. The normalized spacial score (nSPS) is 11.3. The summed E-state index contributed by atoms with van der Waals surface area (Å²) in [6.45, 7) is 0. The third kappa shape index (κ3) is 5.84. The first-order valence-electron chi connectivity index (χ1n) is 8.88. The van der Waals surface area contributed by atoms with E-state index in [1.54, 1.807) is 36.4 Å². The van der Waals surface area contributed by atoms with Gasteiger partial charge in [0.2, 0.25) is 0 Å². The predicted molar refractivity (Wildman–Crippen MR) is 115 cm³/mol. The number of phenols is 1. The lowest BCUT2D eigenvalue weighted by Crippen LogP contribution is -2.32. The Morgan fingerprint density at radius 2 is 1.84 bits per heavy atom. The summed E-state index contributed by atoms with van der Waals surface area (Å²) < 4.78 is 0. The molecular formula is C21H17N4O5S+. The van der Waals surface area contributed by atoms with Crippen LogP contribution in [0.1, 0.15) is 20.8 Å². The molecule has 0 saturated heterocycles. The second-order valence-corrected chi connectivity index (χ2v) is 7.09. The minimum absolute atomic E-state index is 0.00562. The summed E-state index contributed by atoms with van der Waals surface area (Å²) >= 11 is 1.39. The average molecular weight is 437 g/mol. The molecule has 10 heteroatoms. The van der Waals surface area contributed by atoms with E-state index in [1.165, 1.54) is 41.8 Å². The van der Waals surface area contributed by atoms with E-state index < -0.39 is 22.5 Å². The molecule has 0 aliphatic carbocycles. The van der Waals surface area contributed by atoms with Gasteiger partial charge in [0.05, 0.1) is 11.1 Å². The molecule has 0 aliphatic rings. The molecule has 3 rings (SSSR count). The highest BCUT2D eigenvalue weighted by Crippen LogP contribution is 2.25. The highest BCUT2D eigenvalue weighted by atomic mass is 32.1. The van der Waals surface area contributed by atoms with Crippen LogP contribution < -0.4 is 10.7 Å². The molecule has 0 atom stereocenters. The molecule has 2 amide bonds. The van der Waals surface area contributed by atoms with Gasteiger partial charge in [-0.15, -0.1) is 11.3 Å². The van der Waals surface area contributed by atoms with E-state index in [-0.39, 0.29) is 11.4 Å². The van der Waals surface area contributed by atoms with Crippen LogP contribution in [0.3, 0.4) is 0 Å². The molecule has 31 heavy (non-hydrogen) atoms. The number of phenolic OH excluding ortho intramolecular Hbond substituents is 1.